The number of carbonyl (C=O) groups is 6. The van der Waals surface area contributed by atoms with Gasteiger partial charge in [-0.2, -0.15) is 0 Å². The van der Waals surface area contributed by atoms with E-state index in [4.69, 9.17) is 42.6 Å². The van der Waals surface area contributed by atoms with Crippen LogP contribution in [0.2, 0.25) is 0 Å². The topological polar surface area (TPSA) is 206 Å². The lowest BCUT2D eigenvalue weighted by Gasteiger charge is -2.45. The molecule has 0 radical (unpaired) electrons. The summed E-state index contributed by atoms with van der Waals surface area (Å²) in [6, 6.07) is 0. The largest absolute Gasteiger partial charge is 0.456 e. The van der Waals surface area contributed by atoms with Crippen LogP contribution in [0.1, 0.15) is 48.5 Å². The Bertz CT molecular complexity index is 889. The molecule has 226 valence electrons. The highest BCUT2D eigenvalue weighted by Crippen LogP contribution is 2.32. The molecule has 2 saturated heterocycles. The molecule has 1 N–H and O–H groups in total. The van der Waals surface area contributed by atoms with Gasteiger partial charge in [0.1, 0.15) is 6.10 Å². The highest BCUT2D eigenvalue weighted by atomic mass is 16.7. The molecule has 0 unspecified atom stereocenters. The second-order valence-electron chi connectivity index (χ2n) is 9.05. The normalized spacial score (nSPS) is 33.6. The predicted molar refractivity (Wildman–Crippen MR) is 124 cm³/mol. The van der Waals surface area contributed by atoms with Gasteiger partial charge < -0.3 is 47.7 Å². The first-order valence-electron chi connectivity index (χ1n) is 12.2. The molecule has 10 atom stereocenters. The van der Waals surface area contributed by atoms with Gasteiger partial charge in [-0.15, -0.1) is 0 Å². The Morgan fingerprint density at radius 3 is 1.40 bits per heavy atom. The molecule has 2 rings (SSSR count). The van der Waals surface area contributed by atoms with Crippen molar-refractivity contribution in [3.8, 4) is 0 Å². The van der Waals surface area contributed by atoms with Crippen LogP contribution in [0.3, 0.4) is 0 Å². The molecule has 0 spiro atoms. The zero-order valence-corrected chi connectivity index (χ0v) is 23.1. The molecule has 0 saturated carbocycles. The third kappa shape index (κ3) is 9.11. The van der Waals surface area contributed by atoms with E-state index >= 15 is 0 Å². The zero-order chi connectivity index (χ0) is 30.3. The Hall–Kier alpha value is -3.34. The Labute approximate surface area is 229 Å². The summed E-state index contributed by atoms with van der Waals surface area (Å²) in [5, 5.41) is 10.5. The average molecular weight is 579 g/mol. The summed E-state index contributed by atoms with van der Waals surface area (Å²) in [5.74, 6) is -4.81. The highest BCUT2D eigenvalue weighted by Gasteiger charge is 2.54. The number of ether oxygens (including phenoxy) is 9. The Kier molecular flexibility index (Phi) is 11.8. The van der Waals surface area contributed by atoms with E-state index in [0.717, 1.165) is 41.5 Å². The maximum Gasteiger partial charge on any atom is 0.303 e. The SMILES string of the molecule is CC(=O)O[C@@H]1[C@H](OC(C)=O)[C@H](CO[C@@H]2O[C@@H](C)[C@@H](OC(C)=O)[C@@H](OC(C)=O)[C@@H]2OC(C)=O)O[C@H](O)[C@H]1OC(C)=O. The molecular weight excluding hydrogens is 544 g/mol. The first kappa shape index (κ1) is 32.9. The fraction of sp³-hybridized carbons (Fsp3) is 0.750. The molecule has 16 heteroatoms. The average Bonchev–Trinajstić information content (AvgIpc) is 2.79. The van der Waals surface area contributed by atoms with Crippen LogP contribution in [-0.4, -0.2) is 109 Å². The van der Waals surface area contributed by atoms with Crippen LogP contribution in [0.5, 0.6) is 0 Å². The Balaban J connectivity index is 2.38. The van der Waals surface area contributed by atoms with Crippen LogP contribution < -0.4 is 0 Å². The van der Waals surface area contributed by atoms with E-state index in [1.165, 1.54) is 6.92 Å². The van der Waals surface area contributed by atoms with Crippen molar-refractivity contribution in [3.05, 3.63) is 0 Å². The van der Waals surface area contributed by atoms with Crippen molar-refractivity contribution >= 4 is 35.8 Å². The van der Waals surface area contributed by atoms with Gasteiger partial charge in [0.05, 0.1) is 12.7 Å². The summed E-state index contributed by atoms with van der Waals surface area (Å²) >= 11 is 0. The minimum absolute atomic E-state index is 0.542. The smallest absolute Gasteiger partial charge is 0.303 e. The van der Waals surface area contributed by atoms with E-state index in [-0.39, 0.29) is 0 Å². The van der Waals surface area contributed by atoms with Crippen LogP contribution in [-0.2, 0) is 71.4 Å². The molecule has 40 heavy (non-hydrogen) atoms. The molecule has 0 aromatic rings. The van der Waals surface area contributed by atoms with Crippen molar-refractivity contribution in [2.24, 2.45) is 0 Å². The number of aliphatic hydroxyl groups excluding tert-OH is 1. The van der Waals surface area contributed by atoms with Crippen molar-refractivity contribution in [2.45, 2.75) is 110 Å². The van der Waals surface area contributed by atoms with Crippen LogP contribution in [0.15, 0.2) is 0 Å². The molecule has 2 heterocycles. The first-order chi connectivity index (χ1) is 18.6. The molecule has 16 nitrogen and oxygen atoms in total. The van der Waals surface area contributed by atoms with E-state index in [9.17, 15) is 33.9 Å². The fourth-order valence-electron chi connectivity index (χ4n) is 4.30. The van der Waals surface area contributed by atoms with E-state index in [1.54, 1.807) is 0 Å². The molecular formula is C24H34O16. The second kappa shape index (κ2) is 14.3. The lowest BCUT2D eigenvalue weighted by Crippen LogP contribution is -2.64. The molecule has 0 aromatic carbocycles. The Morgan fingerprint density at radius 1 is 0.550 bits per heavy atom. The second-order valence-corrected chi connectivity index (χ2v) is 9.05. The standard InChI is InChI=1S/C24H34O16/c1-9-17(34-10(2)25)19(36-12(4)27)22(39-15(7)30)24(33-9)32-8-16-18(35-11(3)26)20(37-13(5)28)21(23(31)40-16)38-14(6)29/h9,16-24,31H,8H2,1-7H3/t9-,16-,17+,18+,19+,20+,21-,22-,23-,24+/m0/s1. The van der Waals surface area contributed by atoms with E-state index in [0.29, 0.717) is 0 Å². The van der Waals surface area contributed by atoms with Gasteiger partial charge in [0.15, 0.2) is 49.2 Å². The van der Waals surface area contributed by atoms with E-state index in [1.807, 2.05) is 0 Å². The monoisotopic (exact) mass is 578 g/mol. The van der Waals surface area contributed by atoms with Crippen LogP contribution in [0.4, 0.5) is 0 Å². The minimum atomic E-state index is -1.84. The molecule has 2 aliphatic rings. The lowest BCUT2D eigenvalue weighted by molar-refractivity contribution is -0.326. The number of rotatable bonds is 9. The summed E-state index contributed by atoms with van der Waals surface area (Å²) in [6.45, 7) is 7.43. The summed E-state index contributed by atoms with van der Waals surface area (Å²) < 4.78 is 48.5. The van der Waals surface area contributed by atoms with Gasteiger partial charge in [-0.1, -0.05) is 0 Å². The van der Waals surface area contributed by atoms with E-state index in [2.05, 4.69) is 0 Å². The molecule has 0 amide bonds. The van der Waals surface area contributed by atoms with Crippen LogP contribution in [0.25, 0.3) is 0 Å². The van der Waals surface area contributed by atoms with Crippen molar-refractivity contribution in [2.75, 3.05) is 6.61 Å². The number of esters is 6. The van der Waals surface area contributed by atoms with Gasteiger partial charge in [0, 0.05) is 41.5 Å². The summed E-state index contributed by atoms with van der Waals surface area (Å²) in [4.78, 5) is 70.7. The quantitative estimate of drug-likeness (QED) is 0.259. The number of carbonyl (C=O) groups excluding carboxylic acids is 6. The van der Waals surface area contributed by atoms with Crippen molar-refractivity contribution in [3.63, 3.8) is 0 Å². The third-order valence-corrected chi connectivity index (χ3v) is 5.57. The number of hydrogen-bond donors (Lipinski definition) is 1. The maximum absolute atomic E-state index is 11.9. The fourth-order valence-corrected chi connectivity index (χ4v) is 4.30. The third-order valence-electron chi connectivity index (χ3n) is 5.57. The summed E-state index contributed by atoms with van der Waals surface area (Å²) in [7, 11) is 0. The first-order valence-corrected chi connectivity index (χ1v) is 12.2. The van der Waals surface area contributed by atoms with Crippen LogP contribution in [0, 0.1) is 0 Å². The van der Waals surface area contributed by atoms with Crippen molar-refractivity contribution in [1.82, 2.24) is 0 Å². The maximum atomic E-state index is 11.9. The minimum Gasteiger partial charge on any atom is -0.456 e. The number of aliphatic hydroxyl groups is 1. The summed E-state index contributed by atoms with van der Waals surface area (Å²) in [5.41, 5.74) is 0. The molecule has 0 bridgehead atoms. The molecule has 0 aromatic heterocycles. The Morgan fingerprint density at radius 2 is 0.925 bits per heavy atom. The summed E-state index contributed by atoms with van der Waals surface area (Å²) in [6.07, 6.45) is -14.0. The van der Waals surface area contributed by atoms with Gasteiger partial charge in [0.25, 0.3) is 0 Å². The van der Waals surface area contributed by atoms with Crippen molar-refractivity contribution < 1.29 is 76.5 Å². The van der Waals surface area contributed by atoms with Gasteiger partial charge in [-0.25, -0.2) is 0 Å². The van der Waals surface area contributed by atoms with Gasteiger partial charge in [-0.05, 0) is 6.92 Å². The number of hydrogen-bond acceptors (Lipinski definition) is 16. The predicted octanol–water partition coefficient (Wildman–Crippen LogP) is -0.945. The molecule has 0 aliphatic carbocycles. The molecule has 2 aliphatic heterocycles. The van der Waals surface area contributed by atoms with Crippen molar-refractivity contribution in [1.29, 1.82) is 0 Å². The lowest BCUT2D eigenvalue weighted by atomic mass is 9.97. The highest BCUT2D eigenvalue weighted by molar-refractivity contribution is 5.69. The van der Waals surface area contributed by atoms with Crippen LogP contribution >= 0.6 is 0 Å². The van der Waals surface area contributed by atoms with E-state index < -0.39 is 104 Å². The van der Waals surface area contributed by atoms with Gasteiger partial charge in [-0.3, -0.25) is 28.8 Å². The van der Waals surface area contributed by atoms with Gasteiger partial charge in [0.2, 0.25) is 0 Å². The molecule has 2 fully saturated rings. The zero-order valence-electron chi connectivity index (χ0n) is 23.1. The van der Waals surface area contributed by atoms with Gasteiger partial charge >= 0.3 is 35.8 Å².